The summed E-state index contributed by atoms with van der Waals surface area (Å²) in [5.74, 6) is 0.948. The second-order valence-corrected chi connectivity index (χ2v) is 15.7. The van der Waals surface area contributed by atoms with E-state index in [2.05, 4.69) is 47.9 Å². The molecule has 1 aromatic carbocycles. The first-order valence-corrected chi connectivity index (χ1v) is 18.7. The van der Waals surface area contributed by atoms with Gasteiger partial charge in [-0.1, -0.05) is 117 Å². The number of unbranched alkanes of at least 4 members (excludes halogenated alkanes) is 12. The number of quaternary nitrogens is 1. The third-order valence-electron chi connectivity index (χ3n) is 10.6. The Morgan fingerprint density at radius 3 is 1.91 bits per heavy atom. The van der Waals surface area contributed by atoms with Crippen LogP contribution in [0.3, 0.4) is 0 Å². The second-order valence-electron chi connectivity index (χ2n) is 15.7. The average molecular weight is 625 g/mol. The molecule has 0 saturated heterocycles. The van der Waals surface area contributed by atoms with Crippen molar-refractivity contribution in [3.05, 3.63) is 41.5 Å². The molecule has 0 aliphatic heterocycles. The monoisotopic (exact) mass is 625 g/mol. The maximum absolute atomic E-state index is 13.3. The quantitative estimate of drug-likeness (QED) is 0.0497. The van der Waals surface area contributed by atoms with Gasteiger partial charge in [-0.2, -0.15) is 0 Å². The van der Waals surface area contributed by atoms with E-state index in [1.54, 1.807) is 0 Å². The van der Waals surface area contributed by atoms with Crippen molar-refractivity contribution in [1.82, 2.24) is 0 Å². The van der Waals surface area contributed by atoms with E-state index in [0.29, 0.717) is 18.6 Å². The number of likely N-dealkylation sites (N-methyl/N-ethyl adjacent to an activating group) is 1. The fourth-order valence-corrected chi connectivity index (χ4v) is 7.17. The lowest BCUT2D eigenvalue weighted by molar-refractivity contribution is -0.890. The van der Waals surface area contributed by atoms with Gasteiger partial charge in [-0.3, -0.25) is 9.59 Å². The van der Waals surface area contributed by atoms with E-state index in [9.17, 15) is 9.59 Å². The predicted molar refractivity (Wildman–Crippen MR) is 192 cm³/mol. The maximum atomic E-state index is 13.3. The SMILES string of the molecule is CCCCCCCCCCCCCCC[N+](C)(C)CCOc1ccc(C(=O)C(C)C(C)CC(=O)C2C(C)=CCCC2(C)C)cc1. The molecule has 0 bridgehead atoms. The number of hydrogen-bond donors (Lipinski definition) is 0. The van der Waals surface area contributed by atoms with Crippen LogP contribution in [0.15, 0.2) is 35.9 Å². The Balaban J connectivity index is 1.64. The highest BCUT2D eigenvalue weighted by Crippen LogP contribution is 2.42. The van der Waals surface area contributed by atoms with Gasteiger partial charge in [0.05, 0.1) is 20.6 Å². The van der Waals surface area contributed by atoms with Gasteiger partial charge < -0.3 is 9.22 Å². The van der Waals surface area contributed by atoms with Crippen LogP contribution in [0.25, 0.3) is 0 Å². The lowest BCUT2D eigenvalue weighted by Crippen LogP contribution is -2.43. The zero-order valence-corrected chi connectivity index (χ0v) is 30.7. The largest absolute Gasteiger partial charge is 0.488 e. The summed E-state index contributed by atoms with van der Waals surface area (Å²) >= 11 is 0. The van der Waals surface area contributed by atoms with Crippen LogP contribution in [0.5, 0.6) is 5.75 Å². The zero-order valence-electron chi connectivity index (χ0n) is 30.7. The minimum absolute atomic E-state index is 0.00126. The molecule has 2 rings (SSSR count). The molecule has 0 radical (unpaired) electrons. The highest BCUT2D eigenvalue weighted by Gasteiger charge is 2.38. The molecule has 0 saturated carbocycles. The van der Waals surface area contributed by atoms with Crippen molar-refractivity contribution in [2.24, 2.45) is 23.2 Å². The molecule has 1 aliphatic rings. The molecule has 45 heavy (non-hydrogen) atoms. The summed E-state index contributed by atoms with van der Waals surface area (Å²) in [5, 5.41) is 0. The van der Waals surface area contributed by atoms with E-state index in [1.165, 1.54) is 95.6 Å². The highest BCUT2D eigenvalue weighted by molar-refractivity contribution is 5.98. The Hall–Kier alpha value is -1.94. The lowest BCUT2D eigenvalue weighted by atomic mass is 9.65. The first-order valence-electron chi connectivity index (χ1n) is 18.7. The minimum atomic E-state index is -0.208. The fraction of sp³-hybridized carbons (Fsp3) is 0.756. The van der Waals surface area contributed by atoms with Gasteiger partial charge in [0.2, 0.25) is 0 Å². The summed E-state index contributed by atoms with van der Waals surface area (Å²) in [6.45, 7) is 15.6. The molecule has 1 aromatic rings. The molecule has 0 fully saturated rings. The van der Waals surface area contributed by atoms with Crippen molar-refractivity contribution < 1.29 is 18.8 Å². The van der Waals surface area contributed by atoms with Crippen LogP contribution >= 0.6 is 0 Å². The number of allylic oxidation sites excluding steroid dienone is 2. The third kappa shape index (κ3) is 14.6. The van der Waals surface area contributed by atoms with E-state index in [1.807, 2.05) is 38.1 Å². The molecule has 3 atom stereocenters. The number of hydrogen-bond acceptors (Lipinski definition) is 3. The summed E-state index contributed by atoms with van der Waals surface area (Å²) in [6.07, 6.45) is 22.8. The van der Waals surface area contributed by atoms with Crippen molar-refractivity contribution in [3.63, 3.8) is 0 Å². The molecule has 0 amide bonds. The smallest absolute Gasteiger partial charge is 0.165 e. The Kier molecular flexibility index (Phi) is 17.7. The van der Waals surface area contributed by atoms with Gasteiger partial charge in [0, 0.05) is 23.8 Å². The van der Waals surface area contributed by atoms with E-state index in [0.717, 1.165) is 29.6 Å². The number of ketones is 2. The Labute approximate surface area is 278 Å². The Morgan fingerprint density at radius 2 is 1.38 bits per heavy atom. The summed E-state index contributed by atoms with van der Waals surface area (Å²) in [7, 11) is 4.59. The van der Waals surface area contributed by atoms with Crippen LogP contribution in [-0.2, 0) is 4.79 Å². The third-order valence-corrected chi connectivity index (χ3v) is 10.6. The highest BCUT2D eigenvalue weighted by atomic mass is 16.5. The minimum Gasteiger partial charge on any atom is -0.488 e. The number of carbonyl (C=O) groups is 2. The fourth-order valence-electron chi connectivity index (χ4n) is 7.17. The maximum Gasteiger partial charge on any atom is 0.165 e. The standard InChI is InChI=1S/C41H70NO3/c1-9-10-11-12-13-14-15-16-17-18-19-20-21-29-42(7,8)30-31-45-37-26-24-36(25-27-37)40(44)35(4)34(3)32-38(43)39-33(2)23-22-28-41(39,5)6/h23-27,34-35,39H,9-22,28-32H2,1-8H3/q+1. The summed E-state index contributed by atoms with van der Waals surface area (Å²) in [4.78, 5) is 26.6. The van der Waals surface area contributed by atoms with Crippen molar-refractivity contribution >= 4 is 11.6 Å². The molecule has 1 aliphatic carbocycles. The number of benzene rings is 1. The first kappa shape index (κ1) is 39.2. The van der Waals surface area contributed by atoms with Crippen LogP contribution in [0.1, 0.15) is 155 Å². The van der Waals surface area contributed by atoms with Gasteiger partial charge in [0.1, 0.15) is 24.7 Å². The van der Waals surface area contributed by atoms with Gasteiger partial charge >= 0.3 is 0 Å². The molecule has 3 unspecified atom stereocenters. The van der Waals surface area contributed by atoms with Crippen molar-refractivity contribution in [2.45, 2.75) is 144 Å². The summed E-state index contributed by atoms with van der Waals surface area (Å²) in [6, 6.07) is 7.60. The Morgan fingerprint density at radius 1 is 0.844 bits per heavy atom. The van der Waals surface area contributed by atoms with Crippen LogP contribution in [0, 0.1) is 23.2 Å². The lowest BCUT2D eigenvalue weighted by Gasteiger charge is -2.38. The van der Waals surface area contributed by atoms with Gasteiger partial charge in [-0.15, -0.1) is 0 Å². The average Bonchev–Trinajstić information content (AvgIpc) is 2.98. The van der Waals surface area contributed by atoms with Gasteiger partial charge in [-0.05, 0) is 68.2 Å². The molecule has 4 nitrogen and oxygen atoms in total. The molecule has 0 N–H and O–H groups in total. The van der Waals surface area contributed by atoms with Crippen molar-refractivity contribution in [2.75, 3.05) is 33.8 Å². The van der Waals surface area contributed by atoms with Gasteiger partial charge in [0.15, 0.2) is 5.78 Å². The molecular weight excluding hydrogens is 554 g/mol. The normalized spacial score (nSPS) is 17.9. The van der Waals surface area contributed by atoms with E-state index in [-0.39, 0.29) is 34.7 Å². The molecular formula is C41H70NO3+. The van der Waals surface area contributed by atoms with Crippen LogP contribution in [0.4, 0.5) is 0 Å². The number of carbonyl (C=O) groups excluding carboxylic acids is 2. The predicted octanol–water partition coefficient (Wildman–Crippen LogP) is 11.0. The molecule has 0 spiro atoms. The van der Waals surface area contributed by atoms with E-state index in [4.69, 9.17) is 4.74 Å². The van der Waals surface area contributed by atoms with Crippen molar-refractivity contribution in [3.8, 4) is 5.75 Å². The van der Waals surface area contributed by atoms with E-state index >= 15 is 0 Å². The van der Waals surface area contributed by atoms with Crippen LogP contribution in [-0.4, -0.2) is 49.8 Å². The molecule has 0 aromatic heterocycles. The van der Waals surface area contributed by atoms with Gasteiger partial charge in [0.25, 0.3) is 0 Å². The number of rotatable bonds is 24. The summed E-state index contributed by atoms with van der Waals surface area (Å²) < 4.78 is 7.04. The zero-order chi connectivity index (χ0) is 33.3. The Bertz CT molecular complexity index is 1020. The van der Waals surface area contributed by atoms with Gasteiger partial charge in [-0.25, -0.2) is 0 Å². The summed E-state index contributed by atoms with van der Waals surface area (Å²) in [5.41, 5.74) is 1.88. The number of nitrogens with zero attached hydrogens (tertiary/aromatic N) is 1. The van der Waals surface area contributed by atoms with E-state index < -0.39 is 0 Å². The number of Topliss-reactive ketones (excluding diaryl/α,β-unsaturated/α-hetero) is 2. The molecule has 0 heterocycles. The van der Waals surface area contributed by atoms with Crippen LogP contribution < -0.4 is 4.74 Å². The molecule has 4 heteroatoms. The molecule has 256 valence electrons. The number of ether oxygens (including phenoxy) is 1. The topological polar surface area (TPSA) is 43.4 Å². The van der Waals surface area contributed by atoms with Crippen LogP contribution in [0.2, 0.25) is 0 Å². The second kappa shape index (κ2) is 20.3. The first-order chi connectivity index (χ1) is 21.4. The van der Waals surface area contributed by atoms with Crippen molar-refractivity contribution in [1.29, 1.82) is 0 Å².